The molecule has 138 valence electrons. The van der Waals surface area contributed by atoms with E-state index in [0.717, 1.165) is 16.7 Å². The summed E-state index contributed by atoms with van der Waals surface area (Å²) in [7, 11) is -3.57. The lowest BCUT2D eigenvalue weighted by Gasteiger charge is -2.34. The quantitative estimate of drug-likeness (QED) is 0.797. The van der Waals surface area contributed by atoms with Crippen LogP contribution in [0, 0.1) is 20.8 Å². The van der Waals surface area contributed by atoms with Crippen LogP contribution in [-0.2, 0) is 19.6 Å². The van der Waals surface area contributed by atoms with Gasteiger partial charge in [0.05, 0.1) is 4.90 Å². The molecule has 1 aliphatic rings. The molecule has 0 aromatic heterocycles. The van der Waals surface area contributed by atoms with Crippen molar-refractivity contribution in [3.8, 4) is 0 Å². The van der Waals surface area contributed by atoms with Gasteiger partial charge in [0.1, 0.15) is 5.78 Å². The van der Waals surface area contributed by atoms with E-state index in [9.17, 15) is 18.0 Å². The monoisotopic (exact) mass is 366 g/mol. The zero-order valence-electron chi connectivity index (χ0n) is 15.3. The molecule has 1 aromatic carbocycles. The Morgan fingerprint density at radius 1 is 0.960 bits per heavy atom. The van der Waals surface area contributed by atoms with Gasteiger partial charge in [0.25, 0.3) is 0 Å². The predicted molar refractivity (Wildman–Crippen MR) is 95.9 cm³/mol. The average molecular weight is 366 g/mol. The fraction of sp³-hybridized carbons (Fsp3) is 0.556. The number of nitrogens with zero attached hydrogens (tertiary/aromatic N) is 2. The molecule has 0 saturated carbocycles. The summed E-state index contributed by atoms with van der Waals surface area (Å²) < 4.78 is 27.5. The molecule has 0 aliphatic carbocycles. The summed E-state index contributed by atoms with van der Waals surface area (Å²) in [6, 6.07) is 3.75. The molecule has 1 saturated heterocycles. The minimum absolute atomic E-state index is 0.0140. The minimum atomic E-state index is -3.57. The van der Waals surface area contributed by atoms with Gasteiger partial charge in [-0.25, -0.2) is 8.42 Å². The summed E-state index contributed by atoms with van der Waals surface area (Å²) in [5, 5.41) is 0. The first-order valence-electron chi connectivity index (χ1n) is 8.48. The summed E-state index contributed by atoms with van der Waals surface area (Å²) in [6.07, 6.45) is 0.428. The number of ketones is 1. The Bertz CT molecular complexity index is 755. The number of amides is 1. The van der Waals surface area contributed by atoms with Crippen LogP contribution < -0.4 is 0 Å². The second-order valence-electron chi connectivity index (χ2n) is 6.71. The Balaban J connectivity index is 2.10. The average Bonchev–Trinajstić information content (AvgIpc) is 2.51. The van der Waals surface area contributed by atoms with Crippen LogP contribution in [0.15, 0.2) is 17.0 Å². The highest BCUT2D eigenvalue weighted by Gasteiger charge is 2.32. The lowest BCUT2D eigenvalue weighted by atomic mass is 10.1. The van der Waals surface area contributed by atoms with Crippen molar-refractivity contribution in [2.45, 2.75) is 45.4 Å². The molecular formula is C18H26N2O4S. The maximum atomic E-state index is 13.0. The number of hydrogen-bond donors (Lipinski definition) is 0. The molecule has 0 spiro atoms. The van der Waals surface area contributed by atoms with E-state index >= 15 is 0 Å². The Labute approximate surface area is 149 Å². The van der Waals surface area contributed by atoms with E-state index < -0.39 is 10.0 Å². The number of aryl methyl sites for hydroxylation is 3. The molecule has 1 amide bonds. The van der Waals surface area contributed by atoms with Crippen molar-refractivity contribution in [2.24, 2.45) is 0 Å². The number of Topliss-reactive ketones (excluding diaryl/α,β-unsaturated/α-hetero) is 1. The van der Waals surface area contributed by atoms with E-state index in [-0.39, 0.29) is 37.6 Å². The molecule has 0 N–H and O–H groups in total. The fourth-order valence-electron chi connectivity index (χ4n) is 3.32. The van der Waals surface area contributed by atoms with E-state index in [2.05, 4.69) is 0 Å². The van der Waals surface area contributed by atoms with Crippen molar-refractivity contribution in [2.75, 3.05) is 26.2 Å². The summed E-state index contributed by atoms with van der Waals surface area (Å²) in [5.41, 5.74) is 2.53. The highest BCUT2D eigenvalue weighted by Crippen LogP contribution is 2.26. The molecule has 0 unspecified atom stereocenters. The first kappa shape index (κ1) is 19.6. The van der Waals surface area contributed by atoms with Crippen LogP contribution in [0.1, 0.15) is 36.5 Å². The Hall–Kier alpha value is -1.73. The fourth-order valence-corrected chi connectivity index (χ4v) is 5.16. The number of rotatable bonds is 5. The molecule has 1 aliphatic heterocycles. The second kappa shape index (κ2) is 7.66. The van der Waals surface area contributed by atoms with Crippen molar-refractivity contribution >= 4 is 21.7 Å². The minimum Gasteiger partial charge on any atom is -0.340 e. The third kappa shape index (κ3) is 4.46. The van der Waals surface area contributed by atoms with E-state index in [4.69, 9.17) is 0 Å². The van der Waals surface area contributed by atoms with Crippen LogP contribution in [0.5, 0.6) is 0 Å². The van der Waals surface area contributed by atoms with Crippen LogP contribution in [0.2, 0.25) is 0 Å². The lowest BCUT2D eigenvalue weighted by Crippen LogP contribution is -2.50. The molecule has 0 radical (unpaired) electrons. The maximum Gasteiger partial charge on any atom is 0.243 e. The van der Waals surface area contributed by atoms with Crippen molar-refractivity contribution < 1.29 is 18.0 Å². The Morgan fingerprint density at radius 3 is 1.96 bits per heavy atom. The molecule has 0 bridgehead atoms. The molecule has 0 atom stereocenters. The van der Waals surface area contributed by atoms with E-state index in [1.54, 1.807) is 4.90 Å². The summed E-state index contributed by atoms with van der Waals surface area (Å²) >= 11 is 0. The first-order valence-corrected chi connectivity index (χ1v) is 9.92. The topological polar surface area (TPSA) is 74.8 Å². The van der Waals surface area contributed by atoms with Gasteiger partial charge in [0.15, 0.2) is 0 Å². The van der Waals surface area contributed by atoms with E-state index in [1.165, 1.54) is 11.2 Å². The number of sulfonamides is 1. The van der Waals surface area contributed by atoms with Crippen molar-refractivity contribution in [1.82, 2.24) is 9.21 Å². The van der Waals surface area contributed by atoms with Gasteiger partial charge in [0, 0.05) is 39.0 Å². The molecular weight excluding hydrogens is 340 g/mol. The van der Waals surface area contributed by atoms with Gasteiger partial charge in [-0.3, -0.25) is 4.79 Å². The smallest absolute Gasteiger partial charge is 0.243 e. The number of hydrogen-bond acceptors (Lipinski definition) is 4. The molecule has 25 heavy (non-hydrogen) atoms. The molecule has 1 aromatic rings. The molecule has 1 heterocycles. The van der Waals surface area contributed by atoms with Crippen LogP contribution in [-0.4, -0.2) is 55.5 Å². The molecule has 1 fully saturated rings. The Kier molecular flexibility index (Phi) is 6.00. The standard InChI is InChI=1S/C18H26N2O4S/c1-13-11-14(2)18(15(3)12-13)25(23,24)20-9-7-19(8-10-20)17(22)6-5-16(4)21/h11-12H,5-10H2,1-4H3. The highest BCUT2D eigenvalue weighted by molar-refractivity contribution is 7.89. The zero-order chi connectivity index (χ0) is 18.8. The van der Waals surface area contributed by atoms with Crippen molar-refractivity contribution in [1.29, 1.82) is 0 Å². The maximum absolute atomic E-state index is 13.0. The molecule has 6 nitrogen and oxygen atoms in total. The van der Waals surface area contributed by atoms with Gasteiger partial charge in [-0.15, -0.1) is 0 Å². The van der Waals surface area contributed by atoms with Crippen LogP contribution in [0.3, 0.4) is 0 Å². The summed E-state index contributed by atoms with van der Waals surface area (Å²) in [5.74, 6) is -0.102. The second-order valence-corrected chi connectivity index (χ2v) is 8.59. The SMILES string of the molecule is CC(=O)CCC(=O)N1CCN(S(=O)(=O)c2c(C)cc(C)cc2C)CC1. The van der Waals surface area contributed by atoms with Gasteiger partial charge < -0.3 is 9.69 Å². The summed E-state index contributed by atoms with van der Waals surface area (Å²) in [4.78, 5) is 25.1. The molecule has 7 heteroatoms. The zero-order valence-corrected chi connectivity index (χ0v) is 16.1. The number of benzene rings is 1. The van der Waals surface area contributed by atoms with Crippen molar-refractivity contribution in [3.63, 3.8) is 0 Å². The highest BCUT2D eigenvalue weighted by atomic mass is 32.2. The van der Waals surface area contributed by atoms with Crippen LogP contribution >= 0.6 is 0 Å². The van der Waals surface area contributed by atoms with E-state index in [0.29, 0.717) is 18.0 Å². The third-order valence-electron chi connectivity index (χ3n) is 4.48. The van der Waals surface area contributed by atoms with Gasteiger partial charge in [-0.1, -0.05) is 17.7 Å². The predicted octanol–water partition coefficient (Wildman–Crippen LogP) is 1.81. The van der Waals surface area contributed by atoms with Crippen LogP contribution in [0.25, 0.3) is 0 Å². The number of piperazine rings is 1. The first-order chi connectivity index (χ1) is 11.6. The van der Waals surface area contributed by atoms with Crippen LogP contribution in [0.4, 0.5) is 0 Å². The normalized spacial score (nSPS) is 16.1. The van der Waals surface area contributed by atoms with Gasteiger partial charge >= 0.3 is 0 Å². The number of carbonyl (C=O) groups excluding carboxylic acids is 2. The van der Waals surface area contributed by atoms with Gasteiger partial charge in [-0.2, -0.15) is 4.31 Å². The number of carbonyl (C=O) groups is 2. The summed E-state index contributed by atoms with van der Waals surface area (Å²) in [6.45, 7) is 8.32. The lowest BCUT2D eigenvalue weighted by molar-refractivity contribution is -0.134. The molecule has 2 rings (SSSR count). The van der Waals surface area contributed by atoms with Crippen molar-refractivity contribution in [3.05, 3.63) is 28.8 Å². The van der Waals surface area contributed by atoms with Gasteiger partial charge in [0.2, 0.25) is 15.9 Å². The van der Waals surface area contributed by atoms with Gasteiger partial charge in [-0.05, 0) is 38.8 Å². The van der Waals surface area contributed by atoms with E-state index in [1.807, 2.05) is 32.9 Å². The largest absolute Gasteiger partial charge is 0.340 e. The third-order valence-corrected chi connectivity index (χ3v) is 6.69. The Morgan fingerprint density at radius 2 is 1.48 bits per heavy atom.